The largest absolute Gasteiger partial charge is 0.378 e. The Balaban J connectivity index is 1.53. The Hall–Kier alpha value is -3.25. The van der Waals surface area contributed by atoms with Gasteiger partial charge in [0.15, 0.2) is 0 Å². The van der Waals surface area contributed by atoms with Crippen molar-refractivity contribution in [1.82, 2.24) is 4.90 Å². The summed E-state index contributed by atoms with van der Waals surface area (Å²) >= 11 is 0. The van der Waals surface area contributed by atoms with Gasteiger partial charge in [0, 0.05) is 24.7 Å². The summed E-state index contributed by atoms with van der Waals surface area (Å²) in [5.41, 5.74) is 2.05. The number of benzene rings is 2. The molecule has 27 heavy (non-hydrogen) atoms. The first-order valence-electron chi connectivity index (χ1n) is 8.78. The Morgan fingerprint density at radius 2 is 1.56 bits per heavy atom. The van der Waals surface area contributed by atoms with E-state index in [9.17, 15) is 14.4 Å². The quantitative estimate of drug-likeness (QED) is 0.785. The van der Waals surface area contributed by atoms with Crippen LogP contribution >= 0.6 is 0 Å². The molecule has 0 spiro atoms. The highest BCUT2D eigenvalue weighted by atomic mass is 16.5. The minimum atomic E-state index is -0.383. The second-order valence-electron chi connectivity index (χ2n) is 6.35. The van der Waals surface area contributed by atoms with Crippen LogP contribution in [0, 0.1) is 0 Å². The average molecular weight is 362 g/mol. The second kappa shape index (κ2) is 7.17. The molecule has 2 aliphatic rings. The van der Waals surface area contributed by atoms with Crippen LogP contribution in [-0.4, -0.2) is 48.9 Å². The van der Waals surface area contributed by atoms with E-state index in [1.54, 1.807) is 41.3 Å². The fraction of sp³-hybridized carbons (Fsp3) is 0.190. The van der Waals surface area contributed by atoms with E-state index < -0.39 is 0 Å². The Bertz CT molecular complexity index is 913. The SMILES string of the molecule is O=C(c1ccc(N2C(=O)C=C(c3ccccc3)C2=O)cc1)N1CCOCC1. The van der Waals surface area contributed by atoms with E-state index in [-0.39, 0.29) is 17.7 Å². The topological polar surface area (TPSA) is 66.9 Å². The maximum absolute atomic E-state index is 12.7. The van der Waals surface area contributed by atoms with Gasteiger partial charge in [-0.15, -0.1) is 0 Å². The molecule has 0 unspecified atom stereocenters. The summed E-state index contributed by atoms with van der Waals surface area (Å²) in [4.78, 5) is 40.5. The number of carbonyl (C=O) groups excluding carboxylic acids is 3. The fourth-order valence-electron chi connectivity index (χ4n) is 3.24. The molecule has 6 nitrogen and oxygen atoms in total. The van der Waals surface area contributed by atoms with Gasteiger partial charge in [0.25, 0.3) is 17.7 Å². The van der Waals surface area contributed by atoms with Gasteiger partial charge in [-0.2, -0.15) is 0 Å². The molecule has 0 atom stereocenters. The number of nitrogens with zero attached hydrogens (tertiary/aromatic N) is 2. The summed E-state index contributed by atoms with van der Waals surface area (Å²) in [7, 11) is 0. The average Bonchev–Trinajstić information content (AvgIpc) is 3.03. The molecule has 2 aromatic rings. The third kappa shape index (κ3) is 3.27. The van der Waals surface area contributed by atoms with E-state index in [4.69, 9.17) is 4.74 Å². The van der Waals surface area contributed by atoms with Crippen molar-refractivity contribution < 1.29 is 19.1 Å². The molecule has 0 N–H and O–H groups in total. The highest BCUT2D eigenvalue weighted by molar-refractivity contribution is 6.43. The molecule has 136 valence electrons. The van der Waals surface area contributed by atoms with E-state index in [0.29, 0.717) is 48.7 Å². The Morgan fingerprint density at radius 3 is 2.22 bits per heavy atom. The van der Waals surface area contributed by atoms with Crippen LogP contribution < -0.4 is 4.90 Å². The number of hydrogen-bond donors (Lipinski definition) is 0. The van der Waals surface area contributed by atoms with Crippen LogP contribution in [0.5, 0.6) is 0 Å². The summed E-state index contributed by atoms with van der Waals surface area (Å²) in [6.07, 6.45) is 1.35. The van der Waals surface area contributed by atoms with Crippen LogP contribution in [0.3, 0.4) is 0 Å². The second-order valence-corrected chi connectivity index (χ2v) is 6.35. The molecular formula is C21H18N2O4. The van der Waals surface area contributed by atoms with Gasteiger partial charge in [0.1, 0.15) is 0 Å². The van der Waals surface area contributed by atoms with Crippen molar-refractivity contribution in [1.29, 1.82) is 0 Å². The standard InChI is InChI=1S/C21H18N2O4/c24-19-14-18(15-4-2-1-3-5-15)21(26)23(19)17-8-6-16(7-9-17)20(25)22-10-12-27-13-11-22/h1-9,14H,10-13H2. The number of amides is 3. The molecule has 2 heterocycles. The van der Waals surface area contributed by atoms with Gasteiger partial charge in [0.05, 0.1) is 24.5 Å². The number of ether oxygens (including phenoxy) is 1. The van der Waals surface area contributed by atoms with Gasteiger partial charge in [-0.25, -0.2) is 4.90 Å². The lowest BCUT2D eigenvalue weighted by Gasteiger charge is -2.27. The van der Waals surface area contributed by atoms with Gasteiger partial charge < -0.3 is 9.64 Å². The summed E-state index contributed by atoms with van der Waals surface area (Å²) in [5, 5.41) is 0. The van der Waals surface area contributed by atoms with Crippen LogP contribution in [0.4, 0.5) is 5.69 Å². The van der Waals surface area contributed by atoms with Crippen molar-refractivity contribution in [2.45, 2.75) is 0 Å². The molecule has 0 bridgehead atoms. The van der Waals surface area contributed by atoms with Gasteiger partial charge >= 0.3 is 0 Å². The maximum Gasteiger partial charge on any atom is 0.266 e. The molecule has 0 aliphatic carbocycles. The predicted octanol–water partition coefficient (Wildman–Crippen LogP) is 2.12. The van der Waals surface area contributed by atoms with Gasteiger partial charge in [-0.05, 0) is 29.8 Å². The van der Waals surface area contributed by atoms with Crippen molar-refractivity contribution in [3.05, 3.63) is 71.8 Å². The zero-order valence-electron chi connectivity index (χ0n) is 14.6. The molecule has 4 rings (SSSR count). The zero-order valence-corrected chi connectivity index (χ0v) is 14.6. The number of carbonyl (C=O) groups is 3. The summed E-state index contributed by atoms with van der Waals surface area (Å²) < 4.78 is 5.26. The van der Waals surface area contributed by atoms with Crippen molar-refractivity contribution in [3.8, 4) is 0 Å². The molecule has 0 aromatic heterocycles. The molecular weight excluding hydrogens is 344 g/mol. The molecule has 3 amide bonds. The van der Waals surface area contributed by atoms with Crippen molar-refractivity contribution >= 4 is 29.0 Å². The predicted molar refractivity (Wildman–Crippen MR) is 100 cm³/mol. The normalized spacial score (nSPS) is 17.3. The Morgan fingerprint density at radius 1 is 0.889 bits per heavy atom. The van der Waals surface area contributed by atoms with E-state index in [0.717, 1.165) is 4.90 Å². The molecule has 2 aliphatic heterocycles. The Labute approximate surface area is 156 Å². The molecule has 0 saturated carbocycles. The smallest absolute Gasteiger partial charge is 0.266 e. The van der Waals surface area contributed by atoms with Crippen LogP contribution in [0.15, 0.2) is 60.7 Å². The monoisotopic (exact) mass is 362 g/mol. The third-order valence-electron chi connectivity index (χ3n) is 4.68. The summed E-state index contributed by atoms with van der Waals surface area (Å²) in [6.45, 7) is 2.20. The zero-order chi connectivity index (χ0) is 18.8. The summed E-state index contributed by atoms with van der Waals surface area (Å²) in [5.74, 6) is -0.823. The minimum Gasteiger partial charge on any atom is -0.378 e. The molecule has 0 radical (unpaired) electrons. The first-order valence-corrected chi connectivity index (χ1v) is 8.78. The molecule has 1 saturated heterocycles. The third-order valence-corrected chi connectivity index (χ3v) is 4.68. The van der Waals surface area contributed by atoms with Gasteiger partial charge in [0.2, 0.25) is 0 Å². The lowest BCUT2D eigenvalue weighted by atomic mass is 10.1. The van der Waals surface area contributed by atoms with Gasteiger partial charge in [-0.3, -0.25) is 14.4 Å². The highest BCUT2D eigenvalue weighted by Gasteiger charge is 2.33. The lowest BCUT2D eigenvalue weighted by molar-refractivity contribution is -0.119. The van der Waals surface area contributed by atoms with Crippen molar-refractivity contribution in [3.63, 3.8) is 0 Å². The number of imide groups is 1. The number of rotatable bonds is 3. The molecule has 1 fully saturated rings. The lowest BCUT2D eigenvalue weighted by Crippen LogP contribution is -2.40. The van der Waals surface area contributed by atoms with E-state index in [1.165, 1.54) is 6.08 Å². The van der Waals surface area contributed by atoms with Gasteiger partial charge in [-0.1, -0.05) is 30.3 Å². The number of anilines is 1. The highest BCUT2D eigenvalue weighted by Crippen LogP contribution is 2.28. The van der Waals surface area contributed by atoms with Crippen LogP contribution in [-0.2, 0) is 14.3 Å². The van der Waals surface area contributed by atoms with Crippen molar-refractivity contribution in [2.24, 2.45) is 0 Å². The fourth-order valence-corrected chi connectivity index (χ4v) is 3.24. The van der Waals surface area contributed by atoms with E-state index in [2.05, 4.69) is 0 Å². The molecule has 2 aromatic carbocycles. The first-order chi connectivity index (χ1) is 13.1. The first kappa shape index (κ1) is 17.2. The Kier molecular flexibility index (Phi) is 4.56. The van der Waals surface area contributed by atoms with E-state index in [1.807, 2.05) is 18.2 Å². The molecule has 6 heteroatoms. The van der Waals surface area contributed by atoms with Crippen molar-refractivity contribution in [2.75, 3.05) is 31.2 Å². The minimum absolute atomic E-state index is 0.0768. The van der Waals surface area contributed by atoms with Crippen LogP contribution in [0.2, 0.25) is 0 Å². The number of morpholine rings is 1. The number of hydrogen-bond acceptors (Lipinski definition) is 4. The van der Waals surface area contributed by atoms with Crippen LogP contribution in [0.1, 0.15) is 15.9 Å². The maximum atomic E-state index is 12.7. The summed E-state index contributed by atoms with van der Waals surface area (Å²) in [6, 6.07) is 15.6. The van der Waals surface area contributed by atoms with Crippen LogP contribution in [0.25, 0.3) is 5.57 Å². The van der Waals surface area contributed by atoms with E-state index >= 15 is 0 Å².